The third-order valence-corrected chi connectivity index (χ3v) is 6.12. The summed E-state index contributed by atoms with van der Waals surface area (Å²) in [6.07, 6.45) is 1.53. The lowest BCUT2D eigenvalue weighted by Gasteiger charge is -2.10. The lowest BCUT2D eigenvalue weighted by Crippen LogP contribution is -2.12. The van der Waals surface area contributed by atoms with E-state index < -0.39 is 16.0 Å². The van der Waals surface area contributed by atoms with E-state index in [-0.39, 0.29) is 4.90 Å². The van der Waals surface area contributed by atoms with Crippen molar-refractivity contribution in [2.24, 2.45) is 0 Å². The van der Waals surface area contributed by atoms with E-state index in [1.54, 1.807) is 54.6 Å². The van der Waals surface area contributed by atoms with Gasteiger partial charge in [0.25, 0.3) is 10.0 Å². The van der Waals surface area contributed by atoms with Gasteiger partial charge in [0.15, 0.2) is 0 Å². The fraction of sp³-hybridized carbons (Fsp3) is 0.100. The maximum atomic E-state index is 12.6. The summed E-state index contributed by atoms with van der Waals surface area (Å²) in [5.74, 6) is -0.441. The lowest BCUT2D eigenvalue weighted by atomic mass is 10.2. The number of nitrogens with zero attached hydrogens (tertiary/aromatic N) is 1. The predicted octanol–water partition coefficient (Wildman–Crippen LogP) is 4.13. The van der Waals surface area contributed by atoms with E-state index in [2.05, 4.69) is 9.71 Å². The molecule has 0 amide bonds. The molecule has 3 aromatic rings. The number of rotatable bonds is 6. The van der Waals surface area contributed by atoms with Crippen LogP contribution in [-0.4, -0.2) is 26.5 Å². The molecule has 0 aliphatic rings. The maximum Gasteiger partial charge on any atom is 0.337 e. The number of hydrogen-bond acceptors (Lipinski definition) is 6. The van der Waals surface area contributed by atoms with Crippen LogP contribution < -0.4 is 4.72 Å². The number of carbonyl (C=O) groups excluding carboxylic acids is 1. The van der Waals surface area contributed by atoms with Crippen molar-refractivity contribution in [2.75, 3.05) is 11.8 Å². The Balaban J connectivity index is 1.79. The highest BCUT2D eigenvalue weighted by Gasteiger charge is 2.14. The average molecular weight is 415 g/mol. The molecule has 1 N–H and O–H groups in total. The molecular weight excluding hydrogens is 396 g/mol. The van der Waals surface area contributed by atoms with Gasteiger partial charge in [0, 0.05) is 16.8 Å². The summed E-state index contributed by atoms with van der Waals surface area (Å²) in [6.45, 7) is 1.90. The number of pyridine rings is 1. The molecule has 0 aliphatic carbocycles. The highest BCUT2D eigenvalue weighted by atomic mass is 32.2. The number of aromatic nitrogens is 1. The Bertz CT molecular complexity index is 1100. The van der Waals surface area contributed by atoms with Crippen LogP contribution in [0, 0.1) is 6.92 Å². The summed E-state index contributed by atoms with van der Waals surface area (Å²) in [4.78, 5) is 16.9. The Kier molecular flexibility index (Phi) is 6.01. The highest BCUT2D eigenvalue weighted by molar-refractivity contribution is 7.99. The van der Waals surface area contributed by atoms with E-state index in [0.717, 1.165) is 10.5 Å². The van der Waals surface area contributed by atoms with Gasteiger partial charge in [0.1, 0.15) is 5.03 Å². The van der Waals surface area contributed by atoms with Gasteiger partial charge in [0.2, 0.25) is 0 Å². The zero-order valence-electron chi connectivity index (χ0n) is 15.2. The molecule has 3 rings (SSSR count). The molecule has 1 aromatic heterocycles. The Morgan fingerprint density at radius 3 is 2.54 bits per heavy atom. The van der Waals surface area contributed by atoms with Crippen molar-refractivity contribution in [3.63, 3.8) is 0 Å². The van der Waals surface area contributed by atoms with Crippen LogP contribution >= 0.6 is 11.8 Å². The zero-order chi connectivity index (χ0) is 20.1. The summed E-state index contributed by atoms with van der Waals surface area (Å²) in [5, 5.41) is 0.599. The number of carbonyl (C=O) groups is 1. The molecule has 28 heavy (non-hydrogen) atoms. The largest absolute Gasteiger partial charge is 0.465 e. The molecule has 8 heteroatoms. The van der Waals surface area contributed by atoms with E-state index >= 15 is 0 Å². The van der Waals surface area contributed by atoms with Gasteiger partial charge >= 0.3 is 5.97 Å². The van der Waals surface area contributed by atoms with Gasteiger partial charge in [-0.25, -0.2) is 18.2 Å². The second-order valence-corrected chi connectivity index (χ2v) is 8.70. The molecule has 0 radical (unpaired) electrons. The topological polar surface area (TPSA) is 85.4 Å². The van der Waals surface area contributed by atoms with Crippen LogP contribution in [0.25, 0.3) is 0 Å². The number of methoxy groups -OCH3 is 1. The minimum Gasteiger partial charge on any atom is -0.465 e. The molecule has 0 aliphatic heterocycles. The van der Waals surface area contributed by atoms with Crippen LogP contribution in [0.1, 0.15) is 15.9 Å². The summed E-state index contributed by atoms with van der Waals surface area (Å²) < 4.78 is 32.4. The van der Waals surface area contributed by atoms with Gasteiger partial charge in [-0.1, -0.05) is 35.5 Å². The standard InChI is InChI=1S/C20H18N2O4S2/c1-14-6-8-18(9-7-14)28(24,25)22-16-4-3-5-17(13-16)27-19-12-15(10-11-21-19)20(23)26-2/h3-13,22H,1-2H3. The van der Waals surface area contributed by atoms with Crippen LogP contribution in [0.3, 0.4) is 0 Å². The third kappa shape index (κ3) is 4.90. The van der Waals surface area contributed by atoms with Crippen LogP contribution in [0.4, 0.5) is 5.69 Å². The first-order chi connectivity index (χ1) is 13.4. The Morgan fingerprint density at radius 2 is 1.82 bits per heavy atom. The van der Waals surface area contributed by atoms with E-state index in [1.807, 2.05) is 13.0 Å². The number of hydrogen-bond donors (Lipinski definition) is 1. The number of ether oxygens (including phenoxy) is 1. The Hall–Kier alpha value is -2.84. The second kappa shape index (κ2) is 8.45. The van der Waals surface area contributed by atoms with Crippen molar-refractivity contribution < 1.29 is 17.9 Å². The Morgan fingerprint density at radius 1 is 1.07 bits per heavy atom. The van der Waals surface area contributed by atoms with Crippen molar-refractivity contribution in [3.05, 3.63) is 78.0 Å². The van der Waals surface area contributed by atoms with Gasteiger partial charge < -0.3 is 4.74 Å². The lowest BCUT2D eigenvalue weighted by molar-refractivity contribution is 0.0600. The predicted molar refractivity (Wildman–Crippen MR) is 108 cm³/mol. The summed E-state index contributed by atoms with van der Waals surface area (Å²) in [5.41, 5.74) is 1.82. The van der Waals surface area contributed by atoms with Crippen LogP contribution in [0.2, 0.25) is 0 Å². The summed E-state index contributed by atoms with van der Waals surface area (Å²) in [6, 6.07) is 16.8. The SMILES string of the molecule is COC(=O)c1ccnc(Sc2cccc(NS(=O)(=O)c3ccc(C)cc3)c2)c1. The number of aryl methyl sites for hydroxylation is 1. The zero-order valence-corrected chi connectivity index (χ0v) is 16.9. The smallest absolute Gasteiger partial charge is 0.337 e. The highest BCUT2D eigenvalue weighted by Crippen LogP contribution is 2.29. The van der Waals surface area contributed by atoms with Crippen molar-refractivity contribution in [1.29, 1.82) is 0 Å². The first-order valence-electron chi connectivity index (χ1n) is 8.29. The molecule has 0 unspecified atom stereocenters. The number of benzene rings is 2. The minimum absolute atomic E-state index is 0.198. The molecule has 0 fully saturated rings. The van der Waals surface area contributed by atoms with Gasteiger partial charge in [-0.2, -0.15) is 0 Å². The summed E-state index contributed by atoms with van der Waals surface area (Å²) in [7, 11) is -2.36. The number of nitrogens with one attached hydrogen (secondary N) is 1. The average Bonchev–Trinajstić information content (AvgIpc) is 2.68. The third-order valence-electron chi connectivity index (χ3n) is 3.80. The van der Waals surface area contributed by atoms with Crippen molar-refractivity contribution in [2.45, 2.75) is 21.7 Å². The molecular formula is C20H18N2O4S2. The summed E-state index contributed by atoms with van der Waals surface area (Å²) >= 11 is 1.31. The second-order valence-electron chi connectivity index (χ2n) is 5.92. The molecule has 2 aromatic carbocycles. The maximum absolute atomic E-state index is 12.6. The van der Waals surface area contributed by atoms with E-state index in [0.29, 0.717) is 16.3 Å². The molecule has 0 saturated carbocycles. The first kappa shape index (κ1) is 19.9. The molecule has 0 bridgehead atoms. The van der Waals surface area contributed by atoms with Crippen molar-refractivity contribution >= 4 is 33.4 Å². The fourth-order valence-corrected chi connectivity index (χ4v) is 4.31. The number of esters is 1. The molecule has 0 spiro atoms. The normalized spacial score (nSPS) is 11.1. The molecule has 0 saturated heterocycles. The molecule has 144 valence electrons. The van der Waals surface area contributed by atoms with Crippen LogP contribution in [0.5, 0.6) is 0 Å². The number of sulfonamides is 1. The van der Waals surface area contributed by atoms with E-state index in [1.165, 1.54) is 25.1 Å². The molecule has 1 heterocycles. The van der Waals surface area contributed by atoms with Gasteiger partial charge in [-0.3, -0.25) is 4.72 Å². The van der Waals surface area contributed by atoms with Gasteiger partial charge in [0.05, 0.1) is 17.6 Å². The van der Waals surface area contributed by atoms with Crippen molar-refractivity contribution in [1.82, 2.24) is 4.98 Å². The molecule has 0 atom stereocenters. The van der Waals surface area contributed by atoms with Gasteiger partial charge in [-0.15, -0.1) is 0 Å². The minimum atomic E-state index is -3.68. The Labute approximate surface area is 168 Å². The van der Waals surface area contributed by atoms with E-state index in [4.69, 9.17) is 4.74 Å². The van der Waals surface area contributed by atoms with E-state index in [9.17, 15) is 13.2 Å². The monoisotopic (exact) mass is 414 g/mol. The fourth-order valence-electron chi connectivity index (χ4n) is 2.39. The van der Waals surface area contributed by atoms with Crippen LogP contribution in [0.15, 0.2) is 81.7 Å². The van der Waals surface area contributed by atoms with Gasteiger partial charge in [-0.05, 0) is 49.4 Å². The molecule has 6 nitrogen and oxygen atoms in total. The van der Waals surface area contributed by atoms with Crippen molar-refractivity contribution in [3.8, 4) is 0 Å². The van der Waals surface area contributed by atoms with Crippen LogP contribution in [-0.2, 0) is 14.8 Å². The quantitative estimate of drug-likeness (QED) is 0.611. The number of anilines is 1. The first-order valence-corrected chi connectivity index (χ1v) is 10.6.